The fourth-order valence-corrected chi connectivity index (χ4v) is 5.10. The molecule has 1 saturated carbocycles. The first kappa shape index (κ1) is 21.7. The van der Waals surface area contributed by atoms with Gasteiger partial charge < -0.3 is 0 Å². The molecule has 5 nitrogen and oxygen atoms in total. The van der Waals surface area contributed by atoms with Crippen molar-refractivity contribution >= 4 is 11.3 Å². The number of halogens is 3. The molecule has 0 unspecified atom stereocenters. The van der Waals surface area contributed by atoms with Crippen molar-refractivity contribution in [2.75, 3.05) is 0 Å². The Morgan fingerprint density at radius 2 is 1.94 bits per heavy atom. The van der Waals surface area contributed by atoms with Crippen molar-refractivity contribution in [3.05, 3.63) is 62.3 Å². The summed E-state index contributed by atoms with van der Waals surface area (Å²) in [5.74, 6) is 0.0920. The van der Waals surface area contributed by atoms with Gasteiger partial charge in [-0.3, -0.25) is 9.78 Å². The second-order valence-corrected chi connectivity index (χ2v) is 9.13. The highest BCUT2D eigenvalue weighted by atomic mass is 32.1. The molecule has 0 amide bonds. The Balaban J connectivity index is 1.85. The minimum absolute atomic E-state index is 0.0920. The number of alkyl halides is 3. The van der Waals surface area contributed by atoms with Crippen LogP contribution in [0.3, 0.4) is 0 Å². The Morgan fingerprint density at radius 1 is 1.19 bits per heavy atom. The van der Waals surface area contributed by atoms with Crippen LogP contribution in [0.25, 0.3) is 10.6 Å². The van der Waals surface area contributed by atoms with E-state index in [1.807, 2.05) is 19.9 Å². The van der Waals surface area contributed by atoms with Crippen molar-refractivity contribution in [3.63, 3.8) is 0 Å². The van der Waals surface area contributed by atoms with Crippen LogP contribution in [0.5, 0.6) is 0 Å². The van der Waals surface area contributed by atoms with E-state index in [1.54, 1.807) is 0 Å². The molecule has 0 atom stereocenters. The molecule has 1 aliphatic rings. The van der Waals surface area contributed by atoms with Gasteiger partial charge in [0.25, 0.3) is 5.56 Å². The van der Waals surface area contributed by atoms with E-state index < -0.39 is 11.7 Å². The molecule has 3 heterocycles. The Labute approximate surface area is 182 Å². The first-order chi connectivity index (χ1) is 14.7. The maximum Gasteiger partial charge on any atom is 0.418 e. The van der Waals surface area contributed by atoms with Gasteiger partial charge in [0.2, 0.25) is 0 Å². The van der Waals surface area contributed by atoms with E-state index in [4.69, 9.17) is 0 Å². The van der Waals surface area contributed by atoms with Gasteiger partial charge in [0.15, 0.2) is 0 Å². The van der Waals surface area contributed by atoms with Gasteiger partial charge in [-0.2, -0.15) is 18.3 Å². The van der Waals surface area contributed by atoms with Crippen LogP contribution >= 0.6 is 11.3 Å². The molecule has 1 fully saturated rings. The van der Waals surface area contributed by atoms with Crippen molar-refractivity contribution in [1.29, 1.82) is 0 Å². The number of pyridine rings is 1. The molecule has 0 aromatic carbocycles. The summed E-state index contributed by atoms with van der Waals surface area (Å²) >= 11 is 1.47. The van der Waals surface area contributed by atoms with E-state index in [9.17, 15) is 18.0 Å². The minimum atomic E-state index is -4.55. The average Bonchev–Trinajstić information content (AvgIpc) is 3.08. The fourth-order valence-electron chi connectivity index (χ4n) is 4.22. The normalized spacial score (nSPS) is 15.4. The third-order valence-electron chi connectivity index (χ3n) is 5.68. The van der Waals surface area contributed by atoms with Crippen LogP contribution in [0, 0.1) is 13.8 Å². The molecule has 1 aliphatic carbocycles. The second kappa shape index (κ2) is 8.53. The Kier molecular flexibility index (Phi) is 5.96. The lowest BCUT2D eigenvalue weighted by atomic mass is 9.84. The van der Waals surface area contributed by atoms with Gasteiger partial charge >= 0.3 is 6.18 Å². The number of rotatable bonds is 4. The number of aryl methyl sites for hydroxylation is 2. The van der Waals surface area contributed by atoms with Crippen LogP contribution in [0.1, 0.15) is 65.5 Å². The largest absolute Gasteiger partial charge is 0.418 e. The summed E-state index contributed by atoms with van der Waals surface area (Å²) in [5, 5.41) is 5.33. The molecule has 9 heteroatoms. The maximum absolute atomic E-state index is 13.5. The smallest absolute Gasteiger partial charge is 0.267 e. The van der Waals surface area contributed by atoms with Crippen LogP contribution in [0.4, 0.5) is 13.2 Å². The quantitative estimate of drug-likeness (QED) is 0.529. The summed E-state index contributed by atoms with van der Waals surface area (Å²) in [6.07, 6.45) is 1.77. The molecule has 0 bridgehead atoms. The SMILES string of the molecule is Cc1nc(C)c(-c2cc(C3CCCCC3)c(=O)n(Cc3ncccc3C(F)(F)F)n2)s1. The highest BCUT2D eigenvalue weighted by molar-refractivity contribution is 7.15. The molecule has 31 heavy (non-hydrogen) atoms. The fraction of sp³-hybridized carbons (Fsp3) is 0.455. The van der Waals surface area contributed by atoms with Crippen LogP contribution in [0.2, 0.25) is 0 Å². The Morgan fingerprint density at radius 3 is 2.58 bits per heavy atom. The predicted molar refractivity (Wildman–Crippen MR) is 113 cm³/mol. The standard InChI is InChI=1S/C22H23F3N4OS/c1-13-20(31-14(2)27-13)18-11-16(15-7-4-3-5-8-15)21(30)29(28-18)12-19-17(22(23,24)25)9-6-10-26-19/h6,9-11,15H,3-5,7-8,12H2,1-2H3. The summed E-state index contributed by atoms with van der Waals surface area (Å²) in [4.78, 5) is 22.5. The first-order valence-corrected chi connectivity index (χ1v) is 11.1. The predicted octanol–water partition coefficient (Wildman–Crippen LogP) is 5.49. The Bertz CT molecular complexity index is 1150. The molecule has 0 saturated heterocycles. The number of hydrogen-bond donors (Lipinski definition) is 0. The number of nitrogens with zero attached hydrogens (tertiary/aromatic N) is 4. The lowest BCUT2D eigenvalue weighted by Crippen LogP contribution is -2.30. The topological polar surface area (TPSA) is 60.7 Å². The molecule has 0 spiro atoms. The zero-order valence-electron chi connectivity index (χ0n) is 17.4. The van der Waals surface area contributed by atoms with Crippen molar-refractivity contribution < 1.29 is 13.2 Å². The van der Waals surface area contributed by atoms with E-state index in [0.717, 1.165) is 58.4 Å². The van der Waals surface area contributed by atoms with Crippen LogP contribution in [-0.2, 0) is 12.7 Å². The van der Waals surface area contributed by atoms with Gasteiger partial charge in [-0.15, -0.1) is 11.3 Å². The van der Waals surface area contributed by atoms with Crippen molar-refractivity contribution in [2.45, 2.75) is 64.6 Å². The van der Waals surface area contributed by atoms with Gasteiger partial charge in [-0.1, -0.05) is 19.3 Å². The third kappa shape index (κ3) is 4.56. The lowest BCUT2D eigenvalue weighted by Gasteiger charge is -2.22. The van der Waals surface area contributed by atoms with Gasteiger partial charge in [-0.25, -0.2) is 9.67 Å². The van der Waals surface area contributed by atoms with Gasteiger partial charge in [0.1, 0.15) is 5.69 Å². The maximum atomic E-state index is 13.5. The third-order valence-corrected chi connectivity index (χ3v) is 6.77. The van der Waals surface area contributed by atoms with Crippen LogP contribution in [0.15, 0.2) is 29.2 Å². The molecule has 3 aromatic heterocycles. The summed E-state index contributed by atoms with van der Waals surface area (Å²) < 4.78 is 41.5. The molecule has 164 valence electrons. The summed E-state index contributed by atoms with van der Waals surface area (Å²) in [6, 6.07) is 4.05. The summed E-state index contributed by atoms with van der Waals surface area (Å²) in [5.41, 5.74) is 0.594. The van der Waals surface area contributed by atoms with Gasteiger partial charge in [0.05, 0.1) is 33.4 Å². The Hall–Kier alpha value is -2.55. The highest BCUT2D eigenvalue weighted by Crippen LogP contribution is 2.35. The molecular weight excluding hydrogens is 425 g/mol. The van der Waals surface area contributed by atoms with Crippen molar-refractivity contribution in [3.8, 4) is 10.6 Å². The summed E-state index contributed by atoms with van der Waals surface area (Å²) in [6.45, 7) is 3.43. The van der Waals surface area contributed by atoms with E-state index in [-0.39, 0.29) is 23.7 Å². The average molecular weight is 449 g/mol. The molecule has 0 aliphatic heterocycles. The minimum Gasteiger partial charge on any atom is -0.267 e. The van der Waals surface area contributed by atoms with Gasteiger partial charge in [0, 0.05) is 11.8 Å². The molecule has 0 radical (unpaired) electrons. The number of hydrogen-bond acceptors (Lipinski definition) is 5. The van der Waals surface area contributed by atoms with Crippen LogP contribution < -0.4 is 5.56 Å². The first-order valence-electron chi connectivity index (χ1n) is 10.3. The second-order valence-electron chi connectivity index (χ2n) is 7.93. The van der Waals surface area contributed by atoms with Crippen molar-refractivity contribution in [2.24, 2.45) is 0 Å². The molecular formula is C22H23F3N4OS. The molecule has 3 aromatic rings. The van der Waals surface area contributed by atoms with Crippen LogP contribution in [-0.4, -0.2) is 19.7 Å². The van der Waals surface area contributed by atoms with Crippen molar-refractivity contribution in [1.82, 2.24) is 19.7 Å². The summed E-state index contributed by atoms with van der Waals surface area (Å²) in [7, 11) is 0. The molecule has 0 N–H and O–H groups in total. The van der Waals surface area contributed by atoms with Gasteiger partial charge in [-0.05, 0) is 50.8 Å². The van der Waals surface area contributed by atoms with E-state index >= 15 is 0 Å². The monoisotopic (exact) mass is 448 g/mol. The zero-order chi connectivity index (χ0) is 22.2. The van der Waals surface area contributed by atoms with E-state index in [2.05, 4.69) is 15.1 Å². The number of aromatic nitrogens is 4. The zero-order valence-corrected chi connectivity index (χ0v) is 18.2. The molecule has 4 rings (SSSR count). The van der Waals surface area contributed by atoms with E-state index in [1.165, 1.54) is 23.6 Å². The highest BCUT2D eigenvalue weighted by Gasteiger charge is 2.34. The number of thiazole rings is 1. The lowest BCUT2D eigenvalue weighted by molar-refractivity contribution is -0.138. The van der Waals surface area contributed by atoms with E-state index in [0.29, 0.717) is 11.3 Å².